The van der Waals surface area contributed by atoms with Crippen LogP contribution in [0.1, 0.15) is 18.4 Å². The number of aromatic nitrogens is 2. The first-order chi connectivity index (χ1) is 8.15. The van der Waals surface area contributed by atoms with Gasteiger partial charge in [0.1, 0.15) is 5.01 Å². The van der Waals surface area contributed by atoms with Crippen molar-refractivity contribution in [2.45, 2.75) is 19.8 Å². The number of hydrogen-bond acceptors (Lipinski definition) is 5. The van der Waals surface area contributed by atoms with E-state index in [0.29, 0.717) is 5.13 Å². The number of anilines is 1. The molecular weight excluding hydrogens is 242 g/mol. The highest BCUT2D eigenvalue weighted by Crippen LogP contribution is 2.15. The SMILES string of the molecule is CCCc1nnc(NC(=O)NCC(=O)NC)s1. The Morgan fingerprint density at radius 3 is 2.76 bits per heavy atom. The van der Waals surface area contributed by atoms with Gasteiger partial charge in [0.15, 0.2) is 0 Å². The predicted octanol–water partition coefficient (Wildman–Crippen LogP) is 0.358. The number of rotatable bonds is 5. The lowest BCUT2D eigenvalue weighted by atomic mass is 10.4. The van der Waals surface area contributed by atoms with Crippen LogP contribution in [0.5, 0.6) is 0 Å². The molecule has 1 heterocycles. The maximum absolute atomic E-state index is 11.3. The summed E-state index contributed by atoms with van der Waals surface area (Å²) in [4.78, 5) is 22.2. The number of hydrogen-bond donors (Lipinski definition) is 3. The number of carbonyl (C=O) groups is 2. The van der Waals surface area contributed by atoms with Crippen LogP contribution in [-0.4, -0.2) is 35.7 Å². The van der Waals surface area contributed by atoms with Gasteiger partial charge in [-0.15, -0.1) is 10.2 Å². The summed E-state index contributed by atoms with van der Waals surface area (Å²) in [5.41, 5.74) is 0. The number of nitrogens with one attached hydrogen (secondary N) is 3. The minimum absolute atomic E-state index is 0.0665. The van der Waals surface area contributed by atoms with E-state index in [-0.39, 0.29) is 12.5 Å². The first-order valence-electron chi connectivity index (χ1n) is 5.23. The molecular formula is C9H15N5O2S. The van der Waals surface area contributed by atoms with Gasteiger partial charge in [-0.3, -0.25) is 10.1 Å². The molecule has 3 amide bonds. The summed E-state index contributed by atoms with van der Waals surface area (Å²) in [5, 5.41) is 16.4. The highest BCUT2D eigenvalue weighted by atomic mass is 32.1. The van der Waals surface area contributed by atoms with Crippen molar-refractivity contribution in [1.29, 1.82) is 0 Å². The van der Waals surface area contributed by atoms with Gasteiger partial charge in [0, 0.05) is 13.5 Å². The largest absolute Gasteiger partial charge is 0.358 e. The molecule has 3 N–H and O–H groups in total. The minimum atomic E-state index is -0.465. The molecule has 7 nitrogen and oxygen atoms in total. The van der Waals surface area contributed by atoms with Crippen molar-refractivity contribution in [3.8, 4) is 0 Å². The number of likely N-dealkylation sites (N-methyl/N-ethyl adjacent to an activating group) is 1. The molecule has 0 fully saturated rings. The van der Waals surface area contributed by atoms with E-state index in [9.17, 15) is 9.59 Å². The summed E-state index contributed by atoms with van der Waals surface area (Å²) in [6.07, 6.45) is 1.83. The lowest BCUT2D eigenvalue weighted by Crippen LogP contribution is -2.37. The summed E-state index contributed by atoms with van der Waals surface area (Å²) in [6, 6.07) is -0.465. The Morgan fingerprint density at radius 1 is 1.35 bits per heavy atom. The summed E-state index contributed by atoms with van der Waals surface area (Å²) in [5.74, 6) is -0.260. The first kappa shape index (κ1) is 13.4. The Kier molecular flexibility index (Phi) is 5.34. The second-order valence-electron chi connectivity index (χ2n) is 3.23. The van der Waals surface area contributed by atoms with Crippen LogP contribution in [0.15, 0.2) is 0 Å². The van der Waals surface area contributed by atoms with E-state index < -0.39 is 6.03 Å². The minimum Gasteiger partial charge on any atom is -0.358 e. The van der Waals surface area contributed by atoms with Crippen LogP contribution in [0.2, 0.25) is 0 Å². The fourth-order valence-electron chi connectivity index (χ4n) is 1.01. The molecule has 8 heteroatoms. The lowest BCUT2D eigenvalue weighted by molar-refractivity contribution is -0.119. The standard InChI is InChI=1S/C9H15N5O2S/c1-3-4-7-13-14-9(17-7)12-8(16)11-5-6(15)10-2/h3-5H2,1-2H3,(H,10,15)(H2,11,12,14,16). The highest BCUT2D eigenvalue weighted by molar-refractivity contribution is 7.15. The molecule has 0 aromatic carbocycles. The van der Waals surface area contributed by atoms with Gasteiger partial charge >= 0.3 is 6.03 Å². The first-order valence-corrected chi connectivity index (χ1v) is 6.05. The number of aryl methyl sites for hydroxylation is 1. The van der Waals surface area contributed by atoms with Gasteiger partial charge in [-0.05, 0) is 6.42 Å². The van der Waals surface area contributed by atoms with Gasteiger partial charge in [0.25, 0.3) is 0 Å². The van der Waals surface area contributed by atoms with Crippen LogP contribution in [0.25, 0.3) is 0 Å². The second kappa shape index (κ2) is 6.79. The molecule has 1 rings (SSSR count). The number of carbonyl (C=O) groups excluding carboxylic acids is 2. The molecule has 0 radical (unpaired) electrons. The molecule has 0 saturated heterocycles. The Balaban J connectivity index is 2.36. The fraction of sp³-hybridized carbons (Fsp3) is 0.556. The Labute approximate surface area is 103 Å². The van der Waals surface area contributed by atoms with Crippen molar-refractivity contribution in [2.75, 3.05) is 18.9 Å². The summed E-state index contributed by atoms with van der Waals surface area (Å²) in [7, 11) is 1.50. The molecule has 1 aromatic rings. The van der Waals surface area contributed by atoms with Crippen molar-refractivity contribution < 1.29 is 9.59 Å². The van der Waals surface area contributed by atoms with Gasteiger partial charge in [0.2, 0.25) is 11.0 Å². The zero-order chi connectivity index (χ0) is 12.7. The third-order valence-electron chi connectivity index (χ3n) is 1.84. The van der Waals surface area contributed by atoms with Crippen LogP contribution in [0.4, 0.5) is 9.93 Å². The zero-order valence-electron chi connectivity index (χ0n) is 9.74. The molecule has 17 heavy (non-hydrogen) atoms. The van der Waals surface area contributed by atoms with E-state index in [4.69, 9.17) is 0 Å². The van der Waals surface area contributed by atoms with Crippen molar-refractivity contribution in [3.05, 3.63) is 5.01 Å². The van der Waals surface area contributed by atoms with Gasteiger partial charge in [0.05, 0.1) is 6.54 Å². The third-order valence-corrected chi connectivity index (χ3v) is 2.74. The van der Waals surface area contributed by atoms with Crippen molar-refractivity contribution in [1.82, 2.24) is 20.8 Å². The van der Waals surface area contributed by atoms with Crippen LogP contribution in [-0.2, 0) is 11.2 Å². The van der Waals surface area contributed by atoms with E-state index in [2.05, 4.69) is 26.1 Å². The molecule has 0 atom stereocenters. The van der Waals surface area contributed by atoms with E-state index in [1.54, 1.807) is 0 Å². The van der Waals surface area contributed by atoms with Crippen LogP contribution < -0.4 is 16.0 Å². The van der Waals surface area contributed by atoms with E-state index >= 15 is 0 Å². The fourth-order valence-corrected chi connectivity index (χ4v) is 1.85. The molecule has 0 aliphatic rings. The summed E-state index contributed by atoms with van der Waals surface area (Å²) >= 11 is 1.33. The van der Waals surface area contributed by atoms with Gasteiger partial charge in [-0.1, -0.05) is 18.3 Å². The summed E-state index contributed by atoms with van der Waals surface area (Å²) in [6.45, 7) is 1.98. The van der Waals surface area contributed by atoms with E-state index in [1.807, 2.05) is 6.92 Å². The highest BCUT2D eigenvalue weighted by Gasteiger charge is 2.08. The van der Waals surface area contributed by atoms with Gasteiger partial charge in [-0.25, -0.2) is 4.79 Å². The average Bonchev–Trinajstić information content (AvgIpc) is 2.74. The van der Waals surface area contributed by atoms with Crippen LogP contribution in [0.3, 0.4) is 0 Å². The number of nitrogens with zero attached hydrogens (tertiary/aromatic N) is 2. The second-order valence-corrected chi connectivity index (χ2v) is 4.29. The van der Waals surface area contributed by atoms with Gasteiger partial charge < -0.3 is 10.6 Å². The average molecular weight is 257 g/mol. The maximum atomic E-state index is 11.3. The molecule has 0 saturated carbocycles. The molecule has 0 unspecified atom stereocenters. The normalized spacial score (nSPS) is 9.76. The quantitative estimate of drug-likeness (QED) is 0.709. The molecule has 0 aliphatic carbocycles. The molecule has 0 spiro atoms. The van der Waals surface area contributed by atoms with Crippen LogP contribution >= 0.6 is 11.3 Å². The predicted molar refractivity (Wildman–Crippen MR) is 65.0 cm³/mol. The molecule has 94 valence electrons. The number of amides is 3. The molecule has 0 bridgehead atoms. The Hall–Kier alpha value is -1.70. The lowest BCUT2D eigenvalue weighted by Gasteiger charge is -2.03. The monoisotopic (exact) mass is 257 g/mol. The maximum Gasteiger partial charge on any atom is 0.321 e. The van der Waals surface area contributed by atoms with Crippen molar-refractivity contribution in [2.24, 2.45) is 0 Å². The Morgan fingerprint density at radius 2 is 2.12 bits per heavy atom. The molecule has 0 aliphatic heterocycles. The smallest absolute Gasteiger partial charge is 0.321 e. The van der Waals surface area contributed by atoms with Crippen molar-refractivity contribution >= 4 is 28.4 Å². The van der Waals surface area contributed by atoms with E-state index in [1.165, 1.54) is 18.4 Å². The van der Waals surface area contributed by atoms with Crippen molar-refractivity contribution in [3.63, 3.8) is 0 Å². The Bertz CT molecular complexity index is 392. The zero-order valence-corrected chi connectivity index (χ0v) is 10.6. The topological polar surface area (TPSA) is 96.0 Å². The van der Waals surface area contributed by atoms with Gasteiger partial charge in [-0.2, -0.15) is 0 Å². The third kappa shape index (κ3) is 4.77. The summed E-state index contributed by atoms with van der Waals surface area (Å²) < 4.78 is 0. The number of urea groups is 1. The molecule has 1 aromatic heterocycles. The van der Waals surface area contributed by atoms with Crippen LogP contribution in [0, 0.1) is 0 Å². The van der Waals surface area contributed by atoms with E-state index in [0.717, 1.165) is 17.8 Å².